The van der Waals surface area contributed by atoms with Gasteiger partial charge in [-0.3, -0.25) is 0 Å². The number of thioether (sulfide) groups is 1. The molecule has 16 heavy (non-hydrogen) atoms. The minimum absolute atomic E-state index is 0.132. The lowest BCUT2D eigenvalue weighted by Crippen LogP contribution is -2.26. The Hall–Kier alpha value is -1.03. The summed E-state index contributed by atoms with van der Waals surface area (Å²) < 4.78 is 26.0. The van der Waals surface area contributed by atoms with Crippen LogP contribution in [-0.2, 0) is 10.0 Å². The molecule has 0 unspecified atom stereocenters. The molecule has 1 aromatic rings. The van der Waals surface area contributed by atoms with Crippen LogP contribution in [0.25, 0.3) is 0 Å². The third-order valence-corrected chi connectivity index (χ3v) is 3.94. The predicted octanol–water partition coefficient (Wildman–Crippen LogP) is 1.20. The molecule has 1 rings (SSSR count). The predicted molar refractivity (Wildman–Crippen MR) is 64.7 cm³/mol. The number of nitrogens with one attached hydrogen (secondary N) is 1. The average molecular weight is 256 g/mol. The summed E-state index contributed by atoms with van der Waals surface area (Å²) in [5.41, 5.74) is 0.341. The third-order valence-electron chi connectivity index (χ3n) is 1.87. The van der Waals surface area contributed by atoms with Crippen LogP contribution >= 0.6 is 11.8 Å². The van der Waals surface area contributed by atoms with Crippen LogP contribution < -0.4 is 4.72 Å². The van der Waals surface area contributed by atoms with E-state index < -0.39 is 10.0 Å². The van der Waals surface area contributed by atoms with Gasteiger partial charge in [0.15, 0.2) is 0 Å². The summed E-state index contributed by atoms with van der Waals surface area (Å²) in [4.78, 5) is 0.132. The van der Waals surface area contributed by atoms with Gasteiger partial charge in [-0.05, 0) is 24.5 Å². The van der Waals surface area contributed by atoms with Crippen molar-refractivity contribution in [1.29, 1.82) is 5.26 Å². The molecule has 0 amide bonds. The first-order chi connectivity index (χ1) is 7.60. The molecule has 0 saturated heterocycles. The fraction of sp³-hybridized carbons (Fsp3) is 0.300. The van der Waals surface area contributed by atoms with Crippen molar-refractivity contribution in [3.05, 3.63) is 29.8 Å². The molecule has 0 heterocycles. The summed E-state index contributed by atoms with van der Waals surface area (Å²) in [6.45, 7) is 0.389. The molecule has 1 aromatic carbocycles. The second kappa shape index (κ2) is 5.89. The Bertz CT molecular complexity index is 492. The summed E-state index contributed by atoms with van der Waals surface area (Å²) in [6.07, 6.45) is 1.91. The number of benzene rings is 1. The van der Waals surface area contributed by atoms with Crippen molar-refractivity contribution in [3.63, 3.8) is 0 Å². The van der Waals surface area contributed by atoms with E-state index in [2.05, 4.69) is 4.72 Å². The zero-order chi connectivity index (χ0) is 12.0. The van der Waals surface area contributed by atoms with Crippen molar-refractivity contribution in [3.8, 4) is 6.07 Å². The summed E-state index contributed by atoms with van der Waals surface area (Å²) in [5.74, 6) is 0.719. The van der Waals surface area contributed by atoms with Crippen LogP contribution in [0.5, 0.6) is 0 Å². The number of nitriles is 1. The highest BCUT2D eigenvalue weighted by Crippen LogP contribution is 2.10. The average Bonchev–Trinajstić information content (AvgIpc) is 2.29. The smallest absolute Gasteiger partial charge is 0.210 e. The maximum atomic E-state index is 11.7. The van der Waals surface area contributed by atoms with Crippen molar-refractivity contribution in [2.45, 2.75) is 4.90 Å². The maximum absolute atomic E-state index is 11.7. The van der Waals surface area contributed by atoms with Crippen molar-refractivity contribution >= 4 is 21.8 Å². The van der Waals surface area contributed by atoms with Gasteiger partial charge in [0.2, 0.25) is 10.0 Å². The number of rotatable bonds is 5. The zero-order valence-corrected chi connectivity index (χ0v) is 10.4. The zero-order valence-electron chi connectivity index (χ0n) is 8.80. The van der Waals surface area contributed by atoms with Crippen LogP contribution in [0.2, 0.25) is 0 Å². The van der Waals surface area contributed by atoms with Gasteiger partial charge < -0.3 is 0 Å². The molecular formula is C10H12N2O2S2. The van der Waals surface area contributed by atoms with Crippen LogP contribution in [0.15, 0.2) is 29.2 Å². The number of hydrogen-bond donors (Lipinski definition) is 1. The minimum Gasteiger partial charge on any atom is -0.210 e. The van der Waals surface area contributed by atoms with E-state index in [0.717, 1.165) is 5.75 Å². The lowest BCUT2D eigenvalue weighted by molar-refractivity contribution is 0.584. The molecule has 0 saturated carbocycles. The highest BCUT2D eigenvalue weighted by atomic mass is 32.2. The molecule has 1 N–H and O–H groups in total. The van der Waals surface area contributed by atoms with Crippen LogP contribution in [0.4, 0.5) is 0 Å². The Morgan fingerprint density at radius 3 is 2.88 bits per heavy atom. The quantitative estimate of drug-likeness (QED) is 0.804. The molecule has 0 aromatic heterocycles. The van der Waals surface area contributed by atoms with E-state index in [9.17, 15) is 8.42 Å². The second-order valence-corrected chi connectivity index (χ2v) is 5.78. The van der Waals surface area contributed by atoms with Crippen molar-refractivity contribution in [2.75, 3.05) is 18.6 Å². The van der Waals surface area contributed by atoms with Gasteiger partial charge in [0.25, 0.3) is 0 Å². The van der Waals surface area contributed by atoms with E-state index in [4.69, 9.17) is 5.26 Å². The van der Waals surface area contributed by atoms with Gasteiger partial charge in [-0.1, -0.05) is 6.07 Å². The van der Waals surface area contributed by atoms with Gasteiger partial charge in [-0.25, -0.2) is 13.1 Å². The molecule has 0 aliphatic carbocycles. The first-order valence-corrected chi connectivity index (χ1v) is 7.46. The molecule has 0 aliphatic heterocycles. The summed E-state index contributed by atoms with van der Waals surface area (Å²) in [5, 5.41) is 8.67. The molecule has 86 valence electrons. The molecule has 0 radical (unpaired) electrons. The van der Waals surface area contributed by atoms with Crippen molar-refractivity contribution in [2.24, 2.45) is 0 Å². The number of sulfonamides is 1. The molecule has 0 bridgehead atoms. The maximum Gasteiger partial charge on any atom is 0.240 e. The van der Waals surface area contributed by atoms with E-state index in [1.54, 1.807) is 23.9 Å². The molecular weight excluding hydrogens is 244 g/mol. The van der Waals surface area contributed by atoms with Gasteiger partial charge in [-0.15, -0.1) is 0 Å². The van der Waals surface area contributed by atoms with E-state index in [-0.39, 0.29) is 4.90 Å². The van der Waals surface area contributed by atoms with Gasteiger partial charge >= 0.3 is 0 Å². The fourth-order valence-corrected chi connectivity index (χ4v) is 2.61. The summed E-state index contributed by atoms with van der Waals surface area (Å²) in [6, 6.07) is 7.87. The summed E-state index contributed by atoms with van der Waals surface area (Å²) in [7, 11) is -3.48. The van der Waals surface area contributed by atoms with Crippen LogP contribution in [0.1, 0.15) is 5.56 Å². The van der Waals surface area contributed by atoms with Gasteiger partial charge in [0.05, 0.1) is 16.5 Å². The molecule has 0 fully saturated rings. The molecule has 0 aliphatic rings. The lowest BCUT2D eigenvalue weighted by atomic mass is 10.2. The Morgan fingerprint density at radius 2 is 2.25 bits per heavy atom. The van der Waals surface area contributed by atoms with Crippen molar-refractivity contribution in [1.82, 2.24) is 4.72 Å². The Balaban J connectivity index is 2.86. The highest BCUT2D eigenvalue weighted by Gasteiger charge is 2.13. The van der Waals surface area contributed by atoms with Gasteiger partial charge in [0.1, 0.15) is 0 Å². The van der Waals surface area contributed by atoms with Crippen LogP contribution in [0.3, 0.4) is 0 Å². The highest BCUT2D eigenvalue weighted by molar-refractivity contribution is 7.98. The monoisotopic (exact) mass is 256 g/mol. The summed E-state index contributed by atoms with van der Waals surface area (Å²) >= 11 is 1.57. The topological polar surface area (TPSA) is 70.0 Å². The van der Waals surface area contributed by atoms with Crippen LogP contribution in [-0.4, -0.2) is 27.0 Å². The van der Waals surface area contributed by atoms with E-state index >= 15 is 0 Å². The normalized spacial score (nSPS) is 11.0. The Kier molecular flexibility index (Phi) is 4.80. The standard InChI is InChI=1S/C10H12N2O2S2/c1-15-6-5-12-16(13,14)10-4-2-3-9(7-10)8-11/h2-4,7,12H,5-6H2,1H3. The molecule has 6 heteroatoms. The molecule has 4 nitrogen and oxygen atoms in total. The second-order valence-electron chi connectivity index (χ2n) is 3.03. The van der Waals surface area contributed by atoms with Gasteiger partial charge in [-0.2, -0.15) is 17.0 Å². The Labute approximate surface area is 99.7 Å². The third kappa shape index (κ3) is 3.52. The molecule has 0 spiro atoms. The first kappa shape index (κ1) is 13.0. The number of nitrogens with zero attached hydrogens (tertiary/aromatic N) is 1. The lowest BCUT2D eigenvalue weighted by Gasteiger charge is -2.05. The number of hydrogen-bond acceptors (Lipinski definition) is 4. The molecule has 0 atom stereocenters. The minimum atomic E-state index is -3.48. The SMILES string of the molecule is CSCCNS(=O)(=O)c1cccc(C#N)c1. The van der Waals surface area contributed by atoms with Crippen LogP contribution in [0, 0.1) is 11.3 Å². The van der Waals surface area contributed by atoms with Gasteiger partial charge in [0, 0.05) is 12.3 Å². The van der Waals surface area contributed by atoms with E-state index in [1.807, 2.05) is 12.3 Å². The first-order valence-electron chi connectivity index (χ1n) is 4.59. The fourth-order valence-electron chi connectivity index (χ4n) is 1.09. The Morgan fingerprint density at radius 1 is 1.50 bits per heavy atom. The van der Waals surface area contributed by atoms with E-state index in [1.165, 1.54) is 12.1 Å². The largest absolute Gasteiger partial charge is 0.240 e. The van der Waals surface area contributed by atoms with Crippen molar-refractivity contribution < 1.29 is 8.42 Å². The van der Waals surface area contributed by atoms with E-state index in [0.29, 0.717) is 12.1 Å².